The van der Waals surface area contributed by atoms with E-state index in [0.29, 0.717) is 12.0 Å². The van der Waals surface area contributed by atoms with Gasteiger partial charge >= 0.3 is 0 Å². The fraction of sp³-hybridized carbons (Fsp3) is 0.421. The maximum Gasteiger partial charge on any atom is 0.247 e. The van der Waals surface area contributed by atoms with Gasteiger partial charge in [-0.2, -0.15) is 4.68 Å². The van der Waals surface area contributed by atoms with E-state index in [2.05, 4.69) is 60.8 Å². The summed E-state index contributed by atoms with van der Waals surface area (Å²) in [7, 11) is 0. The van der Waals surface area contributed by atoms with Crippen molar-refractivity contribution in [3.05, 3.63) is 47.4 Å². The molecule has 27 heavy (non-hydrogen) atoms. The Morgan fingerprint density at radius 2 is 1.74 bits per heavy atom. The number of aryl methyl sites for hydroxylation is 3. The Morgan fingerprint density at radius 1 is 1.00 bits per heavy atom. The molecule has 0 amide bonds. The van der Waals surface area contributed by atoms with E-state index in [1.165, 1.54) is 5.56 Å². The van der Waals surface area contributed by atoms with E-state index in [1.807, 2.05) is 26.0 Å². The minimum absolute atomic E-state index is 0.334. The first-order valence-electron chi connectivity index (χ1n) is 9.28. The number of tetrazole rings is 1. The van der Waals surface area contributed by atoms with E-state index in [9.17, 15) is 0 Å². The quantitative estimate of drug-likeness (QED) is 0.761. The van der Waals surface area contributed by atoms with Crippen LogP contribution >= 0.6 is 0 Å². The average Bonchev–Trinajstić information content (AvgIpc) is 3.10. The molecular weight excluding hydrogens is 340 g/mol. The van der Waals surface area contributed by atoms with Crippen LogP contribution in [0.1, 0.15) is 29.9 Å². The molecule has 0 atom stereocenters. The number of anilines is 2. The summed E-state index contributed by atoms with van der Waals surface area (Å²) in [4.78, 5) is 11.3. The van der Waals surface area contributed by atoms with Gasteiger partial charge in [-0.25, -0.2) is 9.97 Å². The van der Waals surface area contributed by atoms with Gasteiger partial charge in [0.1, 0.15) is 11.6 Å². The van der Waals surface area contributed by atoms with Crippen molar-refractivity contribution in [2.75, 3.05) is 23.3 Å². The van der Waals surface area contributed by atoms with Crippen molar-refractivity contribution >= 4 is 11.8 Å². The van der Waals surface area contributed by atoms with Gasteiger partial charge in [0.25, 0.3) is 0 Å². The maximum absolute atomic E-state index is 4.58. The SMILES string of the molecule is Cc1ccc(-n2nnnc2NC2CCN(c3cc(C)nc(C)n3)CC2)cc1. The first-order chi connectivity index (χ1) is 13.1. The lowest BCUT2D eigenvalue weighted by Crippen LogP contribution is -2.40. The molecule has 1 N–H and O–H groups in total. The summed E-state index contributed by atoms with van der Waals surface area (Å²) in [6, 6.07) is 10.6. The molecule has 3 heterocycles. The normalized spacial score (nSPS) is 15.1. The Labute approximate surface area is 158 Å². The van der Waals surface area contributed by atoms with Crippen LogP contribution in [0.15, 0.2) is 30.3 Å². The highest BCUT2D eigenvalue weighted by atomic mass is 15.6. The second-order valence-electron chi connectivity index (χ2n) is 7.07. The van der Waals surface area contributed by atoms with Crippen LogP contribution < -0.4 is 10.2 Å². The van der Waals surface area contributed by atoms with Crippen LogP contribution in [0.2, 0.25) is 0 Å². The Bertz CT molecular complexity index is 889. The van der Waals surface area contributed by atoms with Gasteiger partial charge in [-0.3, -0.25) is 0 Å². The van der Waals surface area contributed by atoms with Crippen LogP contribution in [0.25, 0.3) is 5.69 Å². The molecule has 4 rings (SSSR count). The number of benzene rings is 1. The van der Waals surface area contributed by atoms with E-state index in [0.717, 1.165) is 49.0 Å². The smallest absolute Gasteiger partial charge is 0.247 e. The summed E-state index contributed by atoms with van der Waals surface area (Å²) in [5.41, 5.74) is 3.18. The van der Waals surface area contributed by atoms with Crippen LogP contribution in [0.3, 0.4) is 0 Å². The fourth-order valence-corrected chi connectivity index (χ4v) is 3.43. The first-order valence-corrected chi connectivity index (χ1v) is 9.28. The van der Waals surface area contributed by atoms with Crippen molar-refractivity contribution in [1.82, 2.24) is 30.2 Å². The summed E-state index contributed by atoms with van der Waals surface area (Å²) in [6.07, 6.45) is 2.01. The zero-order valence-electron chi connectivity index (χ0n) is 15.9. The summed E-state index contributed by atoms with van der Waals surface area (Å²) in [6.45, 7) is 7.91. The third-order valence-corrected chi connectivity index (χ3v) is 4.85. The minimum atomic E-state index is 0.334. The largest absolute Gasteiger partial charge is 0.356 e. The summed E-state index contributed by atoms with van der Waals surface area (Å²) < 4.78 is 1.75. The molecule has 2 aromatic heterocycles. The van der Waals surface area contributed by atoms with Gasteiger partial charge in [0.05, 0.1) is 5.69 Å². The molecule has 140 valence electrons. The fourth-order valence-electron chi connectivity index (χ4n) is 3.43. The summed E-state index contributed by atoms with van der Waals surface area (Å²) in [5.74, 6) is 2.52. The van der Waals surface area contributed by atoms with Crippen molar-refractivity contribution in [2.45, 2.75) is 39.7 Å². The van der Waals surface area contributed by atoms with Gasteiger partial charge in [-0.05, 0) is 56.2 Å². The first kappa shape index (κ1) is 17.4. The predicted molar refractivity (Wildman–Crippen MR) is 104 cm³/mol. The highest BCUT2D eigenvalue weighted by Crippen LogP contribution is 2.21. The zero-order chi connectivity index (χ0) is 18.8. The van der Waals surface area contributed by atoms with E-state index in [-0.39, 0.29) is 0 Å². The maximum atomic E-state index is 4.58. The van der Waals surface area contributed by atoms with Crippen molar-refractivity contribution in [3.8, 4) is 5.69 Å². The second-order valence-corrected chi connectivity index (χ2v) is 7.07. The lowest BCUT2D eigenvalue weighted by Gasteiger charge is -2.33. The number of rotatable bonds is 4. The van der Waals surface area contributed by atoms with Crippen molar-refractivity contribution in [3.63, 3.8) is 0 Å². The topological polar surface area (TPSA) is 84.7 Å². The van der Waals surface area contributed by atoms with Gasteiger partial charge in [-0.1, -0.05) is 22.8 Å². The molecule has 8 nitrogen and oxygen atoms in total. The molecule has 1 aromatic carbocycles. The lowest BCUT2D eigenvalue weighted by atomic mass is 10.1. The molecule has 1 aliphatic rings. The molecule has 1 aliphatic heterocycles. The number of hydrogen-bond acceptors (Lipinski definition) is 7. The van der Waals surface area contributed by atoms with E-state index in [1.54, 1.807) is 4.68 Å². The Morgan fingerprint density at radius 3 is 2.44 bits per heavy atom. The molecule has 8 heteroatoms. The molecule has 0 bridgehead atoms. The number of nitrogens with zero attached hydrogens (tertiary/aromatic N) is 7. The van der Waals surface area contributed by atoms with Crippen LogP contribution in [-0.4, -0.2) is 49.3 Å². The summed E-state index contributed by atoms with van der Waals surface area (Å²) in [5, 5.41) is 15.6. The predicted octanol–water partition coefficient (Wildman–Crippen LogP) is 2.46. The van der Waals surface area contributed by atoms with Gasteiger partial charge < -0.3 is 10.2 Å². The minimum Gasteiger partial charge on any atom is -0.356 e. The molecule has 0 saturated carbocycles. The average molecular weight is 364 g/mol. The van der Waals surface area contributed by atoms with Crippen molar-refractivity contribution in [2.24, 2.45) is 0 Å². The highest BCUT2D eigenvalue weighted by Gasteiger charge is 2.22. The van der Waals surface area contributed by atoms with Gasteiger partial charge in [0.15, 0.2) is 0 Å². The van der Waals surface area contributed by atoms with Crippen LogP contribution in [0, 0.1) is 20.8 Å². The summed E-state index contributed by atoms with van der Waals surface area (Å²) >= 11 is 0. The molecular formula is C19H24N8. The molecule has 1 fully saturated rings. The lowest BCUT2D eigenvalue weighted by molar-refractivity contribution is 0.519. The molecule has 3 aromatic rings. The number of hydrogen-bond donors (Lipinski definition) is 1. The van der Waals surface area contributed by atoms with E-state index in [4.69, 9.17) is 0 Å². The van der Waals surface area contributed by atoms with Crippen molar-refractivity contribution in [1.29, 1.82) is 0 Å². The Hall–Kier alpha value is -3.03. The standard InChI is InChI=1S/C19H24N8/c1-13-4-6-17(7-5-13)27-19(23-24-25-27)22-16-8-10-26(11-9-16)18-12-14(2)20-15(3)21-18/h4-7,12,16H,8-11H2,1-3H3,(H,22,23,25). The third-order valence-electron chi connectivity index (χ3n) is 4.85. The van der Waals surface area contributed by atoms with Crippen molar-refractivity contribution < 1.29 is 0 Å². The van der Waals surface area contributed by atoms with Gasteiger partial charge in [0.2, 0.25) is 5.95 Å². The van der Waals surface area contributed by atoms with Gasteiger partial charge in [-0.15, -0.1) is 0 Å². The molecule has 0 radical (unpaired) electrons. The monoisotopic (exact) mass is 364 g/mol. The second kappa shape index (κ2) is 7.30. The van der Waals surface area contributed by atoms with Crippen LogP contribution in [0.4, 0.5) is 11.8 Å². The van der Waals surface area contributed by atoms with E-state index >= 15 is 0 Å². The Kier molecular flexibility index (Phi) is 4.70. The Balaban J connectivity index is 1.41. The molecule has 0 unspecified atom stereocenters. The molecule has 0 aliphatic carbocycles. The van der Waals surface area contributed by atoms with Gasteiger partial charge in [0, 0.05) is 30.9 Å². The molecule has 0 spiro atoms. The number of aromatic nitrogens is 6. The number of piperidine rings is 1. The van der Waals surface area contributed by atoms with Crippen LogP contribution in [-0.2, 0) is 0 Å². The highest BCUT2D eigenvalue weighted by molar-refractivity contribution is 5.42. The third kappa shape index (κ3) is 3.89. The zero-order valence-corrected chi connectivity index (χ0v) is 15.9. The van der Waals surface area contributed by atoms with Crippen LogP contribution in [0.5, 0.6) is 0 Å². The van der Waals surface area contributed by atoms with E-state index < -0.39 is 0 Å². The molecule has 1 saturated heterocycles. The number of nitrogens with one attached hydrogen (secondary N) is 1.